The molecule has 0 fully saturated rings. The Bertz CT molecular complexity index is 105. The van der Waals surface area contributed by atoms with Crippen molar-refractivity contribution in [1.29, 1.82) is 0 Å². The molecule has 3 nitrogen and oxygen atoms in total. The topological polar surface area (TPSA) is 40.5 Å². The van der Waals surface area contributed by atoms with Gasteiger partial charge in [-0.2, -0.15) is 0 Å². The van der Waals surface area contributed by atoms with Crippen molar-refractivity contribution >= 4 is 5.97 Å². The van der Waals surface area contributed by atoms with Gasteiger partial charge in [0, 0.05) is 0 Å². The molecule has 0 aliphatic heterocycles. The second kappa shape index (κ2) is 3.40. The first-order valence-electron chi connectivity index (χ1n) is 2.54. The summed E-state index contributed by atoms with van der Waals surface area (Å²) in [6.45, 7) is -0.845. The average molecular weight is 135 g/mol. The number of hydrogen-bond donors (Lipinski definition) is 1. The lowest BCUT2D eigenvalue weighted by molar-refractivity contribution is -0.142. The van der Waals surface area contributed by atoms with Gasteiger partial charge in [0.25, 0.3) is 0 Å². The minimum Gasteiger partial charge on any atom is -0.480 e. The Labute approximate surface area is 53.1 Å². The molecule has 0 heterocycles. The molecule has 0 aromatic heterocycles. The lowest BCUT2D eigenvalue weighted by atomic mass is 10.3. The van der Waals surface area contributed by atoms with Crippen LogP contribution in [-0.4, -0.2) is 42.8 Å². The highest BCUT2D eigenvalue weighted by Gasteiger charge is 2.18. The molecule has 0 saturated carbocycles. The third-order valence-electron chi connectivity index (χ3n) is 1.05. The van der Waals surface area contributed by atoms with Crippen LogP contribution in [0.1, 0.15) is 0 Å². The van der Waals surface area contributed by atoms with E-state index >= 15 is 0 Å². The van der Waals surface area contributed by atoms with Gasteiger partial charge in [-0.15, -0.1) is 0 Å². The fraction of sp³-hybridized carbons (Fsp3) is 0.800. The number of likely N-dealkylation sites (N-methyl/N-ethyl adjacent to an activating group) is 1. The van der Waals surface area contributed by atoms with Crippen molar-refractivity contribution in [3.8, 4) is 0 Å². The third-order valence-corrected chi connectivity index (χ3v) is 1.05. The molecule has 0 aliphatic rings. The first kappa shape index (κ1) is 8.36. The number of rotatable bonds is 3. The average Bonchev–Trinajstić information content (AvgIpc) is 1.64. The summed E-state index contributed by atoms with van der Waals surface area (Å²) in [6.07, 6.45) is 0. The van der Waals surface area contributed by atoms with Crippen LogP contribution >= 0.6 is 0 Å². The van der Waals surface area contributed by atoms with E-state index in [1.807, 2.05) is 0 Å². The van der Waals surface area contributed by atoms with Crippen molar-refractivity contribution in [1.82, 2.24) is 4.90 Å². The fourth-order valence-electron chi connectivity index (χ4n) is 0.425. The van der Waals surface area contributed by atoms with Gasteiger partial charge >= 0.3 is 5.97 Å². The van der Waals surface area contributed by atoms with Crippen LogP contribution < -0.4 is 0 Å². The number of hydrogen-bond acceptors (Lipinski definition) is 2. The van der Waals surface area contributed by atoms with Crippen LogP contribution in [0.5, 0.6) is 0 Å². The van der Waals surface area contributed by atoms with E-state index in [0.717, 1.165) is 0 Å². The number of aliphatic carboxylic acids is 1. The summed E-state index contributed by atoms with van der Waals surface area (Å²) in [5.74, 6) is -1.12. The summed E-state index contributed by atoms with van der Waals surface area (Å²) in [5.41, 5.74) is 0. The predicted molar refractivity (Wildman–Crippen MR) is 31.1 cm³/mol. The van der Waals surface area contributed by atoms with E-state index in [1.54, 1.807) is 0 Å². The molecule has 1 atom stereocenters. The van der Waals surface area contributed by atoms with Gasteiger partial charge in [-0.3, -0.25) is 9.69 Å². The van der Waals surface area contributed by atoms with Crippen molar-refractivity contribution in [2.45, 2.75) is 6.04 Å². The molecule has 0 radical (unpaired) electrons. The van der Waals surface area contributed by atoms with Gasteiger partial charge in [0.2, 0.25) is 0 Å². The Morgan fingerprint density at radius 3 is 2.22 bits per heavy atom. The van der Waals surface area contributed by atoms with Crippen LogP contribution in [0.2, 0.25) is 0 Å². The summed E-state index contributed by atoms with van der Waals surface area (Å²) in [5, 5.41) is 8.26. The number of halogens is 1. The fourth-order valence-corrected chi connectivity index (χ4v) is 0.425. The Morgan fingerprint density at radius 1 is 1.78 bits per heavy atom. The number of alkyl halides is 1. The molecule has 0 amide bonds. The van der Waals surface area contributed by atoms with E-state index < -0.39 is 18.7 Å². The molecule has 0 aromatic rings. The molecule has 0 saturated heterocycles. The number of carbonyl (C=O) groups is 1. The summed E-state index contributed by atoms with van der Waals surface area (Å²) in [6, 6.07) is -0.995. The summed E-state index contributed by atoms with van der Waals surface area (Å²) >= 11 is 0. The zero-order valence-electron chi connectivity index (χ0n) is 5.47. The highest BCUT2D eigenvalue weighted by molar-refractivity contribution is 5.73. The molecule has 1 N–H and O–H groups in total. The van der Waals surface area contributed by atoms with Gasteiger partial charge in [-0.1, -0.05) is 0 Å². The molecule has 1 unspecified atom stereocenters. The second-order valence-electron chi connectivity index (χ2n) is 1.97. The zero-order chi connectivity index (χ0) is 7.44. The van der Waals surface area contributed by atoms with Crippen LogP contribution in [0.15, 0.2) is 0 Å². The highest BCUT2D eigenvalue weighted by atomic mass is 19.1. The van der Waals surface area contributed by atoms with Crippen molar-refractivity contribution in [3.63, 3.8) is 0 Å². The maximum atomic E-state index is 11.7. The minimum absolute atomic E-state index is 0.845. The van der Waals surface area contributed by atoms with Crippen molar-refractivity contribution in [3.05, 3.63) is 0 Å². The third kappa shape index (κ3) is 2.41. The van der Waals surface area contributed by atoms with Gasteiger partial charge in [0.15, 0.2) is 0 Å². The summed E-state index contributed by atoms with van der Waals surface area (Å²) in [4.78, 5) is 11.4. The summed E-state index contributed by atoms with van der Waals surface area (Å²) in [7, 11) is 3.05. The maximum Gasteiger partial charge on any atom is 0.323 e. The van der Waals surface area contributed by atoms with Crippen molar-refractivity contribution < 1.29 is 14.3 Å². The predicted octanol–water partition coefficient (Wildman–Crippen LogP) is -0.0293. The molecule has 0 spiro atoms. The van der Waals surface area contributed by atoms with Crippen molar-refractivity contribution in [2.24, 2.45) is 0 Å². The van der Waals surface area contributed by atoms with Gasteiger partial charge in [-0.05, 0) is 14.1 Å². The smallest absolute Gasteiger partial charge is 0.323 e. The SMILES string of the molecule is CN(C)C(CF)C(=O)O. The Balaban J connectivity index is 3.83. The lowest BCUT2D eigenvalue weighted by Crippen LogP contribution is -2.37. The minimum atomic E-state index is -1.12. The zero-order valence-corrected chi connectivity index (χ0v) is 5.47. The first-order chi connectivity index (χ1) is 4.09. The van der Waals surface area contributed by atoms with Crippen LogP contribution in [0, 0.1) is 0 Å². The first-order valence-corrected chi connectivity index (χ1v) is 2.54. The van der Waals surface area contributed by atoms with E-state index in [0.29, 0.717) is 0 Å². The Kier molecular flexibility index (Phi) is 3.16. The van der Waals surface area contributed by atoms with Crippen LogP contribution in [0.4, 0.5) is 4.39 Å². The number of carboxylic acids is 1. The quantitative estimate of drug-likeness (QED) is 0.590. The van der Waals surface area contributed by atoms with Crippen molar-refractivity contribution in [2.75, 3.05) is 20.8 Å². The molecule has 0 bridgehead atoms. The van der Waals surface area contributed by atoms with Crippen LogP contribution in [-0.2, 0) is 4.79 Å². The standard InChI is InChI=1S/C5H10FNO2/c1-7(2)4(3-6)5(8)9/h4H,3H2,1-2H3,(H,8,9). The van der Waals surface area contributed by atoms with Gasteiger partial charge in [-0.25, -0.2) is 4.39 Å². The van der Waals surface area contributed by atoms with E-state index in [4.69, 9.17) is 5.11 Å². The Hall–Kier alpha value is -0.640. The monoisotopic (exact) mass is 135 g/mol. The molecular formula is C5H10FNO2. The number of carboxylic acid groups (broad SMARTS) is 1. The lowest BCUT2D eigenvalue weighted by Gasteiger charge is -2.15. The van der Waals surface area contributed by atoms with Crippen LogP contribution in [0.3, 0.4) is 0 Å². The normalized spacial score (nSPS) is 13.8. The Morgan fingerprint density at radius 2 is 2.22 bits per heavy atom. The summed E-state index contributed by atoms with van der Waals surface area (Å²) < 4.78 is 11.7. The molecule has 0 aromatic carbocycles. The van der Waals surface area contributed by atoms with Gasteiger partial charge in [0.05, 0.1) is 0 Å². The van der Waals surface area contributed by atoms with Gasteiger partial charge < -0.3 is 5.11 Å². The molecule has 54 valence electrons. The van der Waals surface area contributed by atoms with E-state index in [1.165, 1.54) is 19.0 Å². The molecule has 0 rings (SSSR count). The van der Waals surface area contributed by atoms with E-state index in [-0.39, 0.29) is 0 Å². The second-order valence-corrected chi connectivity index (χ2v) is 1.97. The largest absolute Gasteiger partial charge is 0.480 e. The molecular weight excluding hydrogens is 125 g/mol. The molecule has 0 aliphatic carbocycles. The van der Waals surface area contributed by atoms with E-state index in [2.05, 4.69) is 0 Å². The van der Waals surface area contributed by atoms with Crippen LogP contribution in [0.25, 0.3) is 0 Å². The van der Waals surface area contributed by atoms with Gasteiger partial charge in [0.1, 0.15) is 12.7 Å². The van der Waals surface area contributed by atoms with E-state index in [9.17, 15) is 9.18 Å². The molecule has 4 heteroatoms. The number of nitrogens with zero attached hydrogens (tertiary/aromatic N) is 1. The maximum absolute atomic E-state index is 11.7. The highest BCUT2D eigenvalue weighted by Crippen LogP contribution is 1.92. The molecule has 9 heavy (non-hydrogen) atoms.